The fraction of sp³-hybridized carbons (Fsp3) is 1.00. The summed E-state index contributed by atoms with van der Waals surface area (Å²) in [6, 6.07) is 0. The molecule has 0 aromatic carbocycles. The zero-order valence-corrected chi connectivity index (χ0v) is 10.7. The molecule has 4 heterocycles. The van der Waals surface area contributed by atoms with Crippen molar-refractivity contribution in [2.24, 2.45) is 5.92 Å². The van der Waals surface area contributed by atoms with Crippen molar-refractivity contribution < 1.29 is 5.11 Å². The Balaban J connectivity index is 1.80. The molecule has 4 aliphatic rings. The van der Waals surface area contributed by atoms with Crippen LogP contribution >= 0.6 is 0 Å². The predicted molar refractivity (Wildman–Crippen MR) is 68.0 cm³/mol. The molecule has 0 amide bonds. The highest BCUT2D eigenvalue weighted by molar-refractivity contribution is 5.05. The molecule has 4 saturated heterocycles. The summed E-state index contributed by atoms with van der Waals surface area (Å²) in [4.78, 5) is 5.14. The number of piperidine rings is 3. The molecule has 4 nitrogen and oxygen atoms in total. The molecule has 1 unspecified atom stereocenters. The molecular formula is C13H25N3O. The van der Waals surface area contributed by atoms with Gasteiger partial charge in [-0.2, -0.15) is 0 Å². The maximum atomic E-state index is 10.0. The zero-order chi connectivity index (χ0) is 11.7. The van der Waals surface area contributed by atoms with Crippen LogP contribution in [0.2, 0.25) is 0 Å². The molecule has 4 fully saturated rings. The maximum Gasteiger partial charge on any atom is 0.0630 e. The lowest BCUT2D eigenvalue weighted by Gasteiger charge is -2.57. The number of fused-ring (bicyclic) bond motifs is 3. The van der Waals surface area contributed by atoms with Gasteiger partial charge in [0.2, 0.25) is 0 Å². The Kier molecular flexibility index (Phi) is 3.39. The third-order valence-electron chi connectivity index (χ3n) is 5.09. The van der Waals surface area contributed by atoms with E-state index in [1.54, 1.807) is 0 Å². The summed E-state index contributed by atoms with van der Waals surface area (Å²) in [5.74, 6) is 0.718. The number of hydrogen-bond acceptors (Lipinski definition) is 4. The molecule has 0 spiro atoms. The molecule has 2 bridgehead atoms. The molecule has 0 aromatic heterocycles. The molecule has 4 aliphatic heterocycles. The summed E-state index contributed by atoms with van der Waals surface area (Å²) in [6.45, 7) is 8.39. The van der Waals surface area contributed by atoms with E-state index in [1.165, 1.54) is 32.4 Å². The Bertz CT molecular complexity index is 257. The number of rotatable bonds is 2. The topological polar surface area (TPSA) is 38.7 Å². The highest BCUT2D eigenvalue weighted by atomic mass is 16.3. The van der Waals surface area contributed by atoms with Crippen LogP contribution in [-0.4, -0.2) is 72.9 Å². The van der Waals surface area contributed by atoms with Crippen LogP contribution in [0.5, 0.6) is 0 Å². The largest absolute Gasteiger partial charge is 0.394 e. The Labute approximate surface area is 104 Å². The van der Waals surface area contributed by atoms with E-state index >= 15 is 0 Å². The first-order valence-corrected chi connectivity index (χ1v) is 7.14. The molecule has 2 N–H and O–H groups in total. The SMILES string of the molecule is OCC1(N2CCCNCC2)CN2CCC1CC2. The van der Waals surface area contributed by atoms with Crippen molar-refractivity contribution >= 4 is 0 Å². The highest BCUT2D eigenvalue weighted by Gasteiger charge is 2.49. The fourth-order valence-electron chi connectivity index (χ4n) is 4.07. The highest BCUT2D eigenvalue weighted by Crippen LogP contribution is 2.39. The second-order valence-electron chi connectivity index (χ2n) is 5.90. The summed E-state index contributed by atoms with van der Waals surface area (Å²) in [5.41, 5.74) is 0.0719. The third-order valence-corrected chi connectivity index (χ3v) is 5.09. The van der Waals surface area contributed by atoms with Gasteiger partial charge in [0.05, 0.1) is 12.1 Å². The molecule has 0 radical (unpaired) electrons. The minimum absolute atomic E-state index is 0.0719. The Morgan fingerprint density at radius 1 is 1.12 bits per heavy atom. The summed E-state index contributed by atoms with van der Waals surface area (Å²) >= 11 is 0. The lowest BCUT2D eigenvalue weighted by atomic mass is 9.72. The molecule has 98 valence electrons. The first kappa shape index (κ1) is 11.9. The van der Waals surface area contributed by atoms with Crippen molar-refractivity contribution in [3.63, 3.8) is 0 Å². The number of nitrogens with one attached hydrogen (secondary N) is 1. The second kappa shape index (κ2) is 4.84. The Hall–Kier alpha value is -0.160. The molecule has 4 rings (SSSR count). The van der Waals surface area contributed by atoms with Crippen molar-refractivity contribution in [3.05, 3.63) is 0 Å². The number of aliphatic hydroxyl groups is 1. The number of aliphatic hydroxyl groups excluding tert-OH is 1. The molecule has 17 heavy (non-hydrogen) atoms. The zero-order valence-electron chi connectivity index (χ0n) is 10.7. The number of nitrogens with zero attached hydrogens (tertiary/aromatic N) is 2. The average molecular weight is 239 g/mol. The maximum absolute atomic E-state index is 10.0. The van der Waals surface area contributed by atoms with Crippen LogP contribution in [0, 0.1) is 5.92 Å². The van der Waals surface area contributed by atoms with Crippen LogP contribution in [-0.2, 0) is 0 Å². The van der Waals surface area contributed by atoms with Gasteiger partial charge in [0.1, 0.15) is 0 Å². The van der Waals surface area contributed by atoms with Crippen molar-refractivity contribution in [3.8, 4) is 0 Å². The minimum atomic E-state index is 0.0719. The molecule has 0 aromatic rings. The molecule has 0 aliphatic carbocycles. The van der Waals surface area contributed by atoms with Crippen LogP contribution in [0.3, 0.4) is 0 Å². The van der Waals surface area contributed by atoms with E-state index in [0.717, 1.165) is 38.6 Å². The van der Waals surface area contributed by atoms with Crippen molar-refractivity contribution in [1.82, 2.24) is 15.1 Å². The fourth-order valence-corrected chi connectivity index (χ4v) is 4.07. The second-order valence-corrected chi connectivity index (χ2v) is 5.90. The van der Waals surface area contributed by atoms with Crippen LogP contribution < -0.4 is 5.32 Å². The Morgan fingerprint density at radius 3 is 2.59 bits per heavy atom. The van der Waals surface area contributed by atoms with Crippen LogP contribution in [0.25, 0.3) is 0 Å². The van der Waals surface area contributed by atoms with Gasteiger partial charge in [0.25, 0.3) is 0 Å². The normalized spacial score (nSPS) is 43.6. The van der Waals surface area contributed by atoms with E-state index in [2.05, 4.69) is 15.1 Å². The summed E-state index contributed by atoms with van der Waals surface area (Å²) < 4.78 is 0. The predicted octanol–water partition coefficient (Wildman–Crippen LogP) is -0.262. The van der Waals surface area contributed by atoms with Crippen molar-refractivity contribution in [1.29, 1.82) is 0 Å². The van der Waals surface area contributed by atoms with Gasteiger partial charge in [0.15, 0.2) is 0 Å². The van der Waals surface area contributed by atoms with Gasteiger partial charge in [-0.25, -0.2) is 0 Å². The monoisotopic (exact) mass is 239 g/mol. The van der Waals surface area contributed by atoms with E-state index in [-0.39, 0.29) is 5.54 Å². The standard InChI is InChI=1S/C13H25N3O/c17-11-13(16-6-1-4-14-5-9-16)10-15-7-2-12(13)3-8-15/h12,14,17H,1-11H2. The van der Waals surface area contributed by atoms with Crippen LogP contribution in [0.15, 0.2) is 0 Å². The van der Waals surface area contributed by atoms with Crippen LogP contribution in [0.1, 0.15) is 19.3 Å². The van der Waals surface area contributed by atoms with Gasteiger partial charge < -0.3 is 15.3 Å². The van der Waals surface area contributed by atoms with E-state index in [9.17, 15) is 5.11 Å². The van der Waals surface area contributed by atoms with Gasteiger partial charge in [-0.15, -0.1) is 0 Å². The molecule has 1 atom stereocenters. The molecule has 4 heteroatoms. The van der Waals surface area contributed by atoms with Gasteiger partial charge in [0, 0.05) is 26.2 Å². The summed E-state index contributed by atoms with van der Waals surface area (Å²) in [7, 11) is 0. The van der Waals surface area contributed by atoms with E-state index < -0.39 is 0 Å². The number of hydrogen-bond donors (Lipinski definition) is 2. The van der Waals surface area contributed by atoms with Crippen molar-refractivity contribution in [2.45, 2.75) is 24.8 Å². The first-order chi connectivity index (χ1) is 8.35. The van der Waals surface area contributed by atoms with Gasteiger partial charge in [-0.3, -0.25) is 4.90 Å². The molecule has 0 saturated carbocycles. The summed E-state index contributed by atoms with van der Waals surface area (Å²) in [5, 5.41) is 13.5. The van der Waals surface area contributed by atoms with E-state index in [1.807, 2.05) is 0 Å². The third kappa shape index (κ3) is 2.01. The van der Waals surface area contributed by atoms with E-state index in [0.29, 0.717) is 6.61 Å². The Morgan fingerprint density at radius 2 is 1.94 bits per heavy atom. The summed E-state index contributed by atoms with van der Waals surface area (Å²) in [6.07, 6.45) is 3.78. The van der Waals surface area contributed by atoms with Gasteiger partial charge >= 0.3 is 0 Å². The molecular weight excluding hydrogens is 214 g/mol. The lowest BCUT2D eigenvalue weighted by molar-refractivity contribution is -0.0965. The van der Waals surface area contributed by atoms with Gasteiger partial charge in [-0.05, 0) is 44.8 Å². The van der Waals surface area contributed by atoms with Crippen LogP contribution in [0.4, 0.5) is 0 Å². The average Bonchev–Trinajstić information content (AvgIpc) is 2.69. The quantitative estimate of drug-likeness (QED) is 0.696. The van der Waals surface area contributed by atoms with Gasteiger partial charge in [-0.1, -0.05) is 0 Å². The first-order valence-electron chi connectivity index (χ1n) is 7.14. The van der Waals surface area contributed by atoms with Crippen molar-refractivity contribution in [2.75, 3.05) is 52.4 Å². The minimum Gasteiger partial charge on any atom is -0.394 e. The van der Waals surface area contributed by atoms with E-state index in [4.69, 9.17) is 0 Å². The lowest BCUT2D eigenvalue weighted by Crippen LogP contribution is -2.69. The smallest absolute Gasteiger partial charge is 0.0630 e.